The SMILES string of the molecule is O=C(C1=C(O)C(=O)N(c2cccc(Cl)c2)C1c1cccc2ccccc12)c1cc2ccccc2o1. The second kappa shape index (κ2) is 8.15. The second-order valence-corrected chi connectivity index (χ2v) is 8.80. The Labute approximate surface area is 205 Å². The van der Waals surface area contributed by atoms with Crippen LogP contribution in [-0.2, 0) is 4.79 Å². The molecule has 1 aromatic heterocycles. The van der Waals surface area contributed by atoms with Gasteiger partial charge in [-0.15, -0.1) is 0 Å². The van der Waals surface area contributed by atoms with Crippen LogP contribution in [0.15, 0.2) is 113 Å². The first kappa shape index (κ1) is 21.2. The number of fused-ring (bicyclic) bond motifs is 2. The largest absolute Gasteiger partial charge is 0.503 e. The lowest BCUT2D eigenvalue weighted by Gasteiger charge is -2.28. The molecule has 1 aliphatic rings. The summed E-state index contributed by atoms with van der Waals surface area (Å²) in [7, 11) is 0. The third-order valence-electron chi connectivity index (χ3n) is 6.31. The molecule has 2 heterocycles. The van der Waals surface area contributed by atoms with E-state index in [9.17, 15) is 14.7 Å². The monoisotopic (exact) mass is 479 g/mol. The molecule has 1 aliphatic heterocycles. The number of aliphatic hydroxyl groups excluding tert-OH is 1. The molecule has 6 rings (SSSR count). The van der Waals surface area contributed by atoms with Crippen molar-refractivity contribution in [3.05, 3.63) is 125 Å². The van der Waals surface area contributed by atoms with Crippen molar-refractivity contribution in [2.45, 2.75) is 6.04 Å². The minimum Gasteiger partial charge on any atom is -0.503 e. The average Bonchev–Trinajstić information content (AvgIpc) is 3.42. The van der Waals surface area contributed by atoms with Crippen LogP contribution in [0.25, 0.3) is 21.7 Å². The quantitative estimate of drug-likeness (QED) is 0.281. The van der Waals surface area contributed by atoms with E-state index in [0.717, 1.165) is 16.2 Å². The Hall–Kier alpha value is -4.35. The maximum atomic E-state index is 13.8. The molecule has 1 unspecified atom stereocenters. The van der Waals surface area contributed by atoms with Crippen molar-refractivity contribution in [1.29, 1.82) is 0 Å². The summed E-state index contributed by atoms with van der Waals surface area (Å²) >= 11 is 6.24. The van der Waals surface area contributed by atoms with E-state index in [1.54, 1.807) is 36.4 Å². The maximum Gasteiger partial charge on any atom is 0.294 e. The van der Waals surface area contributed by atoms with Crippen LogP contribution in [0.1, 0.15) is 22.2 Å². The maximum absolute atomic E-state index is 13.8. The number of benzene rings is 4. The summed E-state index contributed by atoms with van der Waals surface area (Å²) < 4.78 is 5.81. The van der Waals surface area contributed by atoms with Crippen LogP contribution in [0.4, 0.5) is 5.69 Å². The predicted octanol–water partition coefficient (Wildman–Crippen LogP) is 7.02. The highest BCUT2D eigenvalue weighted by Gasteiger charge is 2.46. The number of Topliss-reactive ketones (excluding diaryl/α,β-unsaturated/α-hetero) is 1. The lowest BCUT2D eigenvalue weighted by atomic mass is 9.91. The number of hydrogen-bond donors (Lipinski definition) is 1. The van der Waals surface area contributed by atoms with Crippen molar-refractivity contribution in [2.24, 2.45) is 0 Å². The molecule has 1 atom stereocenters. The van der Waals surface area contributed by atoms with Crippen molar-refractivity contribution in [2.75, 3.05) is 4.90 Å². The Bertz CT molecular complexity index is 1640. The molecule has 0 spiro atoms. The summed E-state index contributed by atoms with van der Waals surface area (Å²) in [4.78, 5) is 28.7. The van der Waals surface area contributed by atoms with Gasteiger partial charge in [-0.25, -0.2) is 0 Å². The van der Waals surface area contributed by atoms with Gasteiger partial charge in [0.05, 0.1) is 11.6 Å². The molecule has 170 valence electrons. The molecule has 1 amide bonds. The van der Waals surface area contributed by atoms with E-state index >= 15 is 0 Å². The first-order valence-corrected chi connectivity index (χ1v) is 11.4. The Morgan fingerprint density at radius 2 is 1.57 bits per heavy atom. The number of anilines is 1. The van der Waals surface area contributed by atoms with Crippen LogP contribution in [-0.4, -0.2) is 16.8 Å². The Morgan fingerprint density at radius 3 is 2.37 bits per heavy atom. The first-order valence-electron chi connectivity index (χ1n) is 11.1. The fourth-order valence-corrected chi connectivity index (χ4v) is 4.92. The zero-order valence-electron chi connectivity index (χ0n) is 18.3. The molecular weight excluding hydrogens is 462 g/mol. The Kier molecular flexibility index (Phi) is 4.94. The third kappa shape index (κ3) is 3.40. The van der Waals surface area contributed by atoms with Crippen molar-refractivity contribution in [3.63, 3.8) is 0 Å². The van der Waals surface area contributed by atoms with Gasteiger partial charge >= 0.3 is 0 Å². The van der Waals surface area contributed by atoms with Gasteiger partial charge in [-0.05, 0) is 46.7 Å². The van der Waals surface area contributed by atoms with Gasteiger partial charge < -0.3 is 9.52 Å². The number of amides is 1. The summed E-state index contributed by atoms with van der Waals surface area (Å²) in [6, 6.07) is 28.2. The number of carbonyl (C=O) groups excluding carboxylic acids is 2. The van der Waals surface area contributed by atoms with Gasteiger partial charge in [0.1, 0.15) is 5.58 Å². The summed E-state index contributed by atoms with van der Waals surface area (Å²) in [6.45, 7) is 0. The Morgan fingerprint density at radius 1 is 0.857 bits per heavy atom. The van der Waals surface area contributed by atoms with E-state index < -0.39 is 23.5 Å². The molecule has 0 radical (unpaired) electrons. The van der Waals surface area contributed by atoms with Gasteiger partial charge in [-0.3, -0.25) is 14.5 Å². The number of furan rings is 1. The smallest absolute Gasteiger partial charge is 0.294 e. The van der Waals surface area contributed by atoms with E-state index in [2.05, 4.69) is 0 Å². The lowest BCUT2D eigenvalue weighted by Crippen LogP contribution is -2.31. The van der Waals surface area contributed by atoms with Gasteiger partial charge in [-0.1, -0.05) is 78.3 Å². The average molecular weight is 480 g/mol. The lowest BCUT2D eigenvalue weighted by molar-refractivity contribution is -0.117. The standard InChI is InChI=1S/C29H18ClNO4/c30-19-10-6-11-20(16-19)31-26(22-13-5-9-17-7-1-3-12-21(17)22)25(28(33)29(31)34)27(32)24-15-18-8-2-4-14-23(18)35-24/h1-16,26,33H. The molecule has 4 aromatic carbocycles. The molecule has 0 aliphatic carbocycles. The third-order valence-corrected chi connectivity index (χ3v) is 6.54. The number of hydrogen-bond acceptors (Lipinski definition) is 4. The number of ketones is 1. The summed E-state index contributed by atoms with van der Waals surface area (Å²) in [5, 5.41) is 14.1. The molecule has 0 bridgehead atoms. The van der Waals surface area contributed by atoms with E-state index in [1.165, 1.54) is 4.90 Å². The fraction of sp³-hybridized carbons (Fsp3) is 0.0345. The van der Waals surface area contributed by atoms with Gasteiger partial charge in [0.25, 0.3) is 5.91 Å². The molecule has 0 saturated heterocycles. The van der Waals surface area contributed by atoms with Crippen LogP contribution in [0.5, 0.6) is 0 Å². The van der Waals surface area contributed by atoms with Crippen LogP contribution < -0.4 is 4.90 Å². The van der Waals surface area contributed by atoms with Gasteiger partial charge in [0.15, 0.2) is 11.5 Å². The topological polar surface area (TPSA) is 70.8 Å². The normalized spacial score (nSPS) is 16.0. The van der Waals surface area contributed by atoms with Crippen molar-refractivity contribution < 1.29 is 19.1 Å². The van der Waals surface area contributed by atoms with Gasteiger partial charge in [0.2, 0.25) is 5.78 Å². The van der Waals surface area contributed by atoms with Crippen molar-refractivity contribution in [3.8, 4) is 0 Å². The second-order valence-electron chi connectivity index (χ2n) is 8.37. The Balaban J connectivity index is 1.58. The number of halogens is 1. The highest BCUT2D eigenvalue weighted by molar-refractivity contribution is 6.31. The minimum atomic E-state index is -0.882. The van der Waals surface area contributed by atoms with E-state index in [0.29, 0.717) is 21.9 Å². The van der Waals surface area contributed by atoms with E-state index in [1.807, 2.05) is 60.7 Å². The molecular formula is C29H18ClNO4. The molecule has 0 saturated carbocycles. The zero-order valence-corrected chi connectivity index (χ0v) is 19.1. The number of para-hydroxylation sites is 1. The molecule has 6 heteroatoms. The highest BCUT2D eigenvalue weighted by Crippen LogP contribution is 2.44. The summed E-state index contributed by atoms with van der Waals surface area (Å²) in [5.41, 5.74) is 1.69. The molecule has 5 nitrogen and oxygen atoms in total. The number of nitrogens with zero attached hydrogens (tertiary/aromatic N) is 1. The molecule has 35 heavy (non-hydrogen) atoms. The fourth-order valence-electron chi connectivity index (χ4n) is 4.74. The number of carbonyl (C=O) groups is 2. The molecule has 0 fully saturated rings. The van der Waals surface area contributed by atoms with Crippen LogP contribution in [0.3, 0.4) is 0 Å². The predicted molar refractivity (Wildman–Crippen MR) is 136 cm³/mol. The molecule has 1 N–H and O–H groups in total. The number of aliphatic hydroxyl groups is 1. The summed E-state index contributed by atoms with van der Waals surface area (Å²) in [6.07, 6.45) is 0. The van der Waals surface area contributed by atoms with Crippen molar-refractivity contribution >= 4 is 50.7 Å². The van der Waals surface area contributed by atoms with Crippen LogP contribution in [0.2, 0.25) is 5.02 Å². The zero-order chi connectivity index (χ0) is 24.1. The van der Waals surface area contributed by atoms with E-state index in [4.69, 9.17) is 16.0 Å². The van der Waals surface area contributed by atoms with Crippen LogP contribution >= 0.6 is 11.6 Å². The minimum absolute atomic E-state index is 0.0367. The van der Waals surface area contributed by atoms with Gasteiger partial charge in [0, 0.05) is 16.1 Å². The summed E-state index contributed by atoms with van der Waals surface area (Å²) in [5.74, 6) is -1.77. The first-order chi connectivity index (χ1) is 17.0. The van der Waals surface area contributed by atoms with Crippen molar-refractivity contribution in [1.82, 2.24) is 0 Å². The van der Waals surface area contributed by atoms with Crippen LogP contribution in [0, 0.1) is 0 Å². The van der Waals surface area contributed by atoms with Gasteiger partial charge in [-0.2, -0.15) is 0 Å². The highest BCUT2D eigenvalue weighted by atomic mass is 35.5. The molecule has 5 aromatic rings. The van der Waals surface area contributed by atoms with E-state index in [-0.39, 0.29) is 11.3 Å². The number of rotatable bonds is 4.